The van der Waals surface area contributed by atoms with Gasteiger partial charge in [-0.05, 0) is 152 Å². The minimum absolute atomic E-state index is 0.0229. The van der Waals surface area contributed by atoms with Crippen molar-refractivity contribution >= 4 is 45.2 Å². The summed E-state index contributed by atoms with van der Waals surface area (Å²) in [6.45, 7) is 24.2. The highest BCUT2D eigenvalue weighted by Gasteiger charge is 2.40. The number of para-hydroxylation sites is 2. The van der Waals surface area contributed by atoms with Gasteiger partial charge in [0.05, 0.1) is 11.5 Å². The topological polar surface area (TPSA) is 44.8 Å². The standard InChI is InChI=1S/C64H83N3O2/c1-11-42-64(10,45(8)9)63(68)69-59-31-21-20-30-58(59)65-57-41-40-56(54-28-18-19-29-55(54)57)60(50-32-36-52(37-33-50)66(43-12-2)61-46(14-4)24-22-25-47(61)15-5)51-34-38-53(39-35-51)67(44-13-3)62-48(16-6)26-23-27-49(62)17-7/h18-19,22-29,32-41,45,58-60,65H,11-17,20-21,30-31,42-44H2,1-10H3. The number of esters is 1. The van der Waals surface area contributed by atoms with Gasteiger partial charge < -0.3 is 19.9 Å². The molecule has 7 rings (SSSR count). The number of nitrogens with zero attached hydrogens (tertiary/aromatic N) is 2. The summed E-state index contributed by atoms with van der Waals surface area (Å²) >= 11 is 0. The molecule has 0 radical (unpaired) electrons. The predicted molar refractivity (Wildman–Crippen MR) is 296 cm³/mol. The van der Waals surface area contributed by atoms with E-state index in [1.54, 1.807) is 0 Å². The first-order valence-electron chi connectivity index (χ1n) is 27.0. The Morgan fingerprint density at radius 1 is 0.594 bits per heavy atom. The molecule has 5 heteroatoms. The van der Waals surface area contributed by atoms with Crippen molar-refractivity contribution in [2.24, 2.45) is 11.3 Å². The van der Waals surface area contributed by atoms with E-state index in [2.05, 4.69) is 206 Å². The average Bonchev–Trinajstić information content (AvgIpc) is 3.38. The van der Waals surface area contributed by atoms with Crippen molar-refractivity contribution in [2.45, 2.75) is 164 Å². The summed E-state index contributed by atoms with van der Waals surface area (Å²) in [7, 11) is 0. The first-order chi connectivity index (χ1) is 33.5. The van der Waals surface area contributed by atoms with Crippen LogP contribution in [0.3, 0.4) is 0 Å². The lowest BCUT2D eigenvalue weighted by molar-refractivity contribution is -0.166. The van der Waals surface area contributed by atoms with Crippen molar-refractivity contribution in [3.63, 3.8) is 0 Å². The second kappa shape index (κ2) is 23.8. The zero-order chi connectivity index (χ0) is 49.1. The molecule has 0 saturated heterocycles. The summed E-state index contributed by atoms with van der Waals surface area (Å²) in [5.74, 6) is 0.139. The third kappa shape index (κ3) is 11.1. The lowest BCUT2D eigenvalue weighted by atomic mass is 9.75. The molecule has 6 aromatic rings. The minimum Gasteiger partial charge on any atom is -0.460 e. The maximum absolute atomic E-state index is 13.9. The van der Waals surface area contributed by atoms with E-state index in [4.69, 9.17) is 4.74 Å². The van der Waals surface area contributed by atoms with Crippen molar-refractivity contribution in [1.82, 2.24) is 0 Å². The number of ether oxygens (including phenoxy) is 1. The average molecular weight is 926 g/mol. The van der Waals surface area contributed by atoms with Gasteiger partial charge in [0.15, 0.2) is 0 Å². The van der Waals surface area contributed by atoms with Gasteiger partial charge in [-0.15, -0.1) is 0 Å². The van der Waals surface area contributed by atoms with Crippen molar-refractivity contribution < 1.29 is 9.53 Å². The summed E-state index contributed by atoms with van der Waals surface area (Å²) in [5.41, 5.74) is 15.2. The van der Waals surface area contributed by atoms with Crippen LogP contribution in [-0.4, -0.2) is 31.2 Å². The number of fused-ring (bicyclic) bond motifs is 1. The minimum atomic E-state index is -0.490. The maximum Gasteiger partial charge on any atom is 0.312 e. The molecule has 0 aliphatic heterocycles. The first-order valence-corrected chi connectivity index (χ1v) is 27.0. The van der Waals surface area contributed by atoms with Gasteiger partial charge in [-0.2, -0.15) is 0 Å². The fraction of sp³-hybridized carbons (Fsp3) is 0.453. The number of carbonyl (C=O) groups is 1. The van der Waals surface area contributed by atoms with Gasteiger partial charge in [0, 0.05) is 52.8 Å². The number of hydrogen-bond donors (Lipinski definition) is 1. The number of aryl methyl sites for hydroxylation is 4. The summed E-state index contributed by atoms with van der Waals surface area (Å²) in [4.78, 5) is 19.1. The van der Waals surface area contributed by atoms with E-state index in [-0.39, 0.29) is 30.0 Å². The fourth-order valence-corrected chi connectivity index (χ4v) is 11.3. The van der Waals surface area contributed by atoms with Crippen LogP contribution in [0.15, 0.2) is 121 Å². The molecule has 1 fully saturated rings. The Balaban J connectivity index is 1.32. The maximum atomic E-state index is 13.9. The van der Waals surface area contributed by atoms with Gasteiger partial charge in [-0.1, -0.05) is 166 Å². The Hall–Kier alpha value is -5.55. The summed E-state index contributed by atoms with van der Waals surface area (Å²) < 4.78 is 6.53. The third-order valence-electron chi connectivity index (χ3n) is 15.5. The van der Waals surface area contributed by atoms with Gasteiger partial charge in [0.1, 0.15) is 6.10 Å². The van der Waals surface area contributed by atoms with E-state index in [1.807, 2.05) is 0 Å². The number of nitrogens with one attached hydrogen (secondary N) is 1. The van der Waals surface area contributed by atoms with E-state index in [9.17, 15) is 4.79 Å². The highest BCUT2D eigenvalue weighted by Crippen LogP contribution is 2.43. The van der Waals surface area contributed by atoms with Gasteiger partial charge in [-0.3, -0.25) is 4.79 Å². The number of anilines is 5. The molecule has 1 aliphatic carbocycles. The van der Waals surface area contributed by atoms with Crippen LogP contribution in [0.1, 0.15) is 165 Å². The molecule has 0 aromatic heterocycles. The molecule has 69 heavy (non-hydrogen) atoms. The van der Waals surface area contributed by atoms with Crippen LogP contribution in [0.25, 0.3) is 10.8 Å². The second-order valence-electron chi connectivity index (χ2n) is 20.2. The molecule has 1 aliphatic rings. The van der Waals surface area contributed by atoms with Crippen LogP contribution in [-0.2, 0) is 35.2 Å². The monoisotopic (exact) mass is 926 g/mol. The van der Waals surface area contributed by atoms with E-state index in [0.29, 0.717) is 0 Å². The molecule has 0 spiro atoms. The van der Waals surface area contributed by atoms with Gasteiger partial charge in [0.25, 0.3) is 0 Å². The number of benzene rings is 6. The van der Waals surface area contributed by atoms with Gasteiger partial charge in [-0.25, -0.2) is 0 Å². The predicted octanol–water partition coefficient (Wildman–Crippen LogP) is 17.1. The molecule has 366 valence electrons. The molecular formula is C64H83N3O2. The smallest absolute Gasteiger partial charge is 0.312 e. The van der Waals surface area contributed by atoms with E-state index in [0.717, 1.165) is 95.8 Å². The summed E-state index contributed by atoms with van der Waals surface area (Å²) in [6.07, 6.45) is 11.8. The SMILES string of the molecule is CCCN(c1ccc(C(c2ccc(N(CCC)c3c(CC)cccc3CC)cc2)c2ccc(NC3CCCCC3OC(=O)C(C)(CCC)C(C)C)c3ccccc23)cc1)c1c(CC)cccc1CC. The Morgan fingerprint density at radius 2 is 1.07 bits per heavy atom. The van der Waals surface area contributed by atoms with Crippen LogP contribution in [0.5, 0.6) is 0 Å². The number of rotatable bonds is 22. The summed E-state index contributed by atoms with van der Waals surface area (Å²) in [6, 6.07) is 46.3. The molecule has 1 saturated carbocycles. The lowest BCUT2D eigenvalue weighted by Gasteiger charge is -2.37. The lowest BCUT2D eigenvalue weighted by Crippen LogP contribution is -2.44. The Kier molecular flexibility index (Phi) is 17.7. The number of carbonyl (C=O) groups excluding carboxylic acids is 1. The zero-order valence-electron chi connectivity index (χ0n) is 44.0. The molecule has 5 nitrogen and oxygen atoms in total. The van der Waals surface area contributed by atoms with Crippen LogP contribution >= 0.6 is 0 Å². The van der Waals surface area contributed by atoms with E-state index < -0.39 is 5.41 Å². The summed E-state index contributed by atoms with van der Waals surface area (Å²) in [5, 5.41) is 6.40. The highest BCUT2D eigenvalue weighted by molar-refractivity contribution is 5.97. The first kappa shape index (κ1) is 51.3. The number of hydrogen-bond acceptors (Lipinski definition) is 5. The van der Waals surface area contributed by atoms with Crippen LogP contribution in [0.4, 0.5) is 28.4 Å². The van der Waals surface area contributed by atoms with E-state index in [1.165, 1.54) is 72.5 Å². The van der Waals surface area contributed by atoms with Gasteiger partial charge >= 0.3 is 5.97 Å². The Bertz CT molecular complexity index is 2440. The quantitative estimate of drug-likeness (QED) is 0.0543. The molecule has 6 aromatic carbocycles. The van der Waals surface area contributed by atoms with Crippen LogP contribution in [0.2, 0.25) is 0 Å². The molecule has 0 bridgehead atoms. The Morgan fingerprint density at radius 3 is 1.52 bits per heavy atom. The van der Waals surface area contributed by atoms with Crippen molar-refractivity contribution in [3.8, 4) is 0 Å². The molecule has 1 N–H and O–H groups in total. The molecular weight excluding hydrogens is 843 g/mol. The molecule has 3 atom stereocenters. The second-order valence-corrected chi connectivity index (χ2v) is 20.2. The van der Waals surface area contributed by atoms with Gasteiger partial charge in [0.2, 0.25) is 0 Å². The largest absolute Gasteiger partial charge is 0.460 e. The van der Waals surface area contributed by atoms with E-state index >= 15 is 0 Å². The van der Waals surface area contributed by atoms with Crippen molar-refractivity contribution in [1.29, 1.82) is 0 Å². The molecule has 3 unspecified atom stereocenters. The fourth-order valence-electron chi connectivity index (χ4n) is 11.3. The van der Waals surface area contributed by atoms with Crippen molar-refractivity contribution in [3.05, 3.63) is 160 Å². The molecule has 0 heterocycles. The highest BCUT2D eigenvalue weighted by atomic mass is 16.5. The third-order valence-corrected chi connectivity index (χ3v) is 15.5. The zero-order valence-corrected chi connectivity index (χ0v) is 44.0. The van der Waals surface area contributed by atoms with Crippen molar-refractivity contribution in [2.75, 3.05) is 28.2 Å². The Labute approximate surface area is 417 Å². The normalized spacial score (nSPS) is 15.9. The van der Waals surface area contributed by atoms with Crippen LogP contribution in [0, 0.1) is 11.3 Å². The molecule has 0 amide bonds. The van der Waals surface area contributed by atoms with Crippen LogP contribution < -0.4 is 15.1 Å².